The quantitative estimate of drug-likeness (QED) is 0.576. The minimum Gasteiger partial charge on any atom is -0.305 e. The number of imidazole rings is 1. The highest BCUT2D eigenvalue weighted by Crippen LogP contribution is 2.20. The van der Waals surface area contributed by atoms with Gasteiger partial charge in [-0.25, -0.2) is 4.98 Å². The van der Waals surface area contributed by atoms with Gasteiger partial charge in [0.25, 0.3) is 5.91 Å². The van der Waals surface area contributed by atoms with Crippen LogP contribution in [-0.2, 0) is 7.05 Å². The predicted octanol–water partition coefficient (Wildman–Crippen LogP) is 3.14. The van der Waals surface area contributed by atoms with Crippen LogP contribution in [0, 0.1) is 0 Å². The van der Waals surface area contributed by atoms with E-state index in [2.05, 4.69) is 36.3 Å². The Labute approximate surface area is 151 Å². The van der Waals surface area contributed by atoms with Crippen LogP contribution in [0.4, 0.5) is 5.82 Å². The summed E-state index contributed by atoms with van der Waals surface area (Å²) in [6.45, 7) is 0. The number of hydrogen-bond acceptors (Lipinski definition) is 4. The van der Waals surface area contributed by atoms with E-state index in [9.17, 15) is 4.79 Å². The monoisotopic (exact) mass is 396 g/mol. The number of aryl methyl sites for hydroxylation is 1. The van der Waals surface area contributed by atoms with Crippen LogP contribution in [0.2, 0.25) is 0 Å². The fraction of sp³-hybridized carbons (Fsp3) is 0.0588. The second-order valence-corrected chi connectivity index (χ2v) is 6.29. The first-order valence-corrected chi connectivity index (χ1v) is 8.31. The van der Waals surface area contributed by atoms with Crippen LogP contribution < -0.4 is 5.32 Å². The number of benzene rings is 1. The van der Waals surface area contributed by atoms with Crippen molar-refractivity contribution in [3.63, 3.8) is 0 Å². The maximum Gasteiger partial charge on any atom is 0.276 e. The van der Waals surface area contributed by atoms with Gasteiger partial charge < -0.3 is 5.32 Å². The van der Waals surface area contributed by atoms with Crippen molar-refractivity contribution in [3.05, 3.63) is 65.2 Å². The van der Waals surface area contributed by atoms with Gasteiger partial charge in [0.15, 0.2) is 0 Å². The van der Waals surface area contributed by atoms with Crippen molar-refractivity contribution in [1.29, 1.82) is 0 Å². The van der Waals surface area contributed by atoms with Gasteiger partial charge in [0.05, 0.1) is 16.4 Å². The summed E-state index contributed by atoms with van der Waals surface area (Å²) in [4.78, 5) is 21.3. The maximum absolute atomic E-state index is 12.4. The zero-order valence-corrected chi connectivity index (χ0v) is 14.8. The van der Waals surface area contributed by atoms with Crippen LogP contribution in [0.5, 0.6) is 0 Å². The lowest BCUT2D eigenvalue weighted by atomic mass is 10.2. The van der Waals surface area contributed by atoms with Gasteiger partial charge in [-0.2, -0.15) is 10.1 Å². The molecule has 0 spiro atoms. The summed E-state index contributed by atoms with van der Waals surface area (Å²) in [5.74, 6) is 0.648. The molecule has 0 unspecified atom stereocenters. The summed E-state index contributed by atoms with van der Waals surface area (Å²) in [5.41, 5.74) is 2.26. The molecule has 1 N–H and O–H groups in total. The molecule has 0 saturated carbocycles. The number of hydrogen-bond donors (Lipinski definition) is 1. The molecule has 0 radical (unpaired) electrons. The number of halogens is 1. The third-order valence-electron chi connectivity index (χ3n) is 3.75. The van der Waals surface area contributed by atoms with Crippen LogP contribution in [0.3, 0.4) is 0 Å². The third-order valence-corrected chi connectivity index (χ3v) is 4.33. The van der Waals surface area contributed by atoms with E-state index in [4.69, 9.17) is 0 Å². The number of rotatable bonds is 3. The zero-order chi connectivity index (χ0) is 17.4. The summed E-state index contributed by atoms with van der Waals surface area (Å²) >= 11 is 3.32. The molecule has 1 amide bonds. The van der Waals surface area contributed by atoms with E-state index in [1.165, 1.54) is 4.68 Å². The van der Waals surface area contributed by atoms with E-state index in [1.807, 2.05) is 47.1 Å². The van der Waals surface area contributed by atoms with Crippen LogP contribution in [0.25, 0.3) is 17.0 Å². The van der Waals surface area contributed by atoms with E-state index in [-0.39, 0.29) is 5.91 Å². The largest absolute Gasteiger partial charge is 0.305 e. The normalized spacial score (nSPS) is 11.0. The Hall–Kier alpha value is -3.00. The fourth-order valence-corrected chi connectivity index (χ4v) is 3.06. The predicted molar refractivity (Wildman–Crippen MR) is 97.3 cm³/mol. The highest BCUT2D eigenvalue weighted by atomic mass is 79.9. The van der Waals surface area contributed by atoms with Gasteiger partial charge >= 0.3 is 0 Å². The molecule has 0 fully saturated rings. The molecule has 0 atom stereocenters. The summed E-state index contributed by atoms with van der Waals surface area (Å²) in [6.07, 6.45) is 5.29. The zero-order valence-electron chi connectivity index (χ0n) is 13.2. The standard InChI is InChI=1S/C17H13BrN6O/c1-23-15(12(18)9-19-23)16(25)21-14-7-8-24-10-13(20-17(24)22-14)11-5-3-2-4-6-11/h2-10H,1H3,(H,20,21,22,25). The fourth-order valence-electron chi connectivity index (χ4n) is 2.53. The van der Waals surface area contributed by atoms with E-state index in [0.29, 0.717) is 21.8 Å². The number of fused-ring (bicyclic) bond motifs is 1. The first kappa shape index (κ1) is 15.5. The van der Waals surface area contributed by atoms with Crippen molar-refractivity contribution in [3.8, 4) is 11.3 Å². The highest BCUT2D eigenvalue weighted by Gasteiger charge is 2.16. The van der Waals surface area contributed by atoms with Crippen molar-refractivity contribution in [2.45, 2.75) is 0 Å². The van der Waals surface area contributed by atoms with Crippen molar-refractivity contribution >= 4 is 33.4 Å². The second-order valence-electron chi connectivity index (χ2n) is 5.43. The molecule has 25 heavy (non-hydrogen) atoms. The number of anilines is 1. The first-order valence-electron chi connectivity index (χ1n) is 7.52. The van der Waals surface area contributed by atoms with E-state index in [0.717, 1.165) is 11.3 Å². The lowest BCUT2D eigenvalue weighted by Gasteiger charge is -2.05. The van der Waals surface area contributed by atoms with Gasteiger partial charge in [0, 0.05) is 25.0 Å². The number of aromatic nitrogens is 5. The molecule has 0 aliphatic carbocycles. The molecule has 1 aromatic carbocycles. The molecule has 124 valence electrons. The summed E-state index contributed by atoms with van der Waals surface area (Å²) in [6, 6.07) is 11.6. The van der Waals surface area contributed by atoms with E-state index >= 15 is 0 Å². The Morgan fingerprint density at radius 3 is 2.68 bits per heavy atom. The van der Waals surface area contributed by atoms with Crippen LogP contribution in [0.15, 0.2) is 59.5 Å². The van der Waals surface area contributed by atoms with Crippen LogP contribution in [0.1, 0.15) is 10.5 Å². The van der Waals surface area contributed by atoms with Gasteiger partial charge in [-0.3, -0.25) is 13.9 Å². The van der Waals surface area contributed by atoms with Crippen molar-refractivity contribution in [1.82, 2.24) is 24.1 Å². The highest BCUT2D eigenvalue weighted by molar-refractivity contribution is 9.10. The molecule has 0 bridgehead atoms. The third kappa shape index (κ3) is 2.91. The summed E-state index contributed by atoms with van der Waals surface area (Å²) < 4.78 is 3.94. The minimum absolute atomic E-state index is 0.293. The molecular weight excluding hydrogens is 384 g/mol. The Morgan fingerprint density at radius 2 is 1.96 bits per heavy atom. The molecule has 8 heteroatoms. The SMILES string of the molecule is Cn1ncc(Br)c1C(=O)Nc1ccn2cc(-c3ccccc3)nc2n1. The summed E-state index contributed by atoms with van der Waals surface area (Å²) in [5, 5.41) is 6.81. The van der Waals surface area contributed by atoms with Gasteiger partial charge in [-0.05, 0) is 22.0 Å². The van der Waals surface area contributed by atoms with Gasteiger partial charge in [0.2, 0.25) is 5.78 Å². The van der Waals surface area contributed by atoms with Gasteiger partial charge in [-0.1, -0.05) is 30.3 Å². The van der Waals surface area contributed by atoms with Crippen molar-refractivity contribution < 1.29 is 4.79 Å². The molecule has 0 saturated heterocycles. The minimum atomic E-state index is -0.293. The summed E-state index contributed by atoms with van der Waals surface area (Å²) in [7, 11) is 1.71. The molecule has 3 heterocycles. The molecular formula is C17H13BrN6O. The number of amides is 1. The average Bonchev–Trinajstić information content (AvgIpc) is 3.18. The number of nitrogens with zero attached hydrogens (tertiary/aromatic N) is 5. The number of carbonyl (C=O) groups is 1. The molecule has 4 rings (SSSR count). The lowest BCUT2D eigenvalue weighted by molar-refractivity contribution is 0.101. The molecule has 0 aliphatic heterocycles. The second kappa shape index (κ2) is 6.14. The Morgan fingerprint density at radius 1 is 1.16 bits per heavy atom. The topological polar surface area (TPSA) is 77.1 Å². The smallest absolute Gasteiger partial charge is 0.276 e. The van der Waals surface area contributed by atoms with Gasteiger partial charge in [-0.15, -0.1) is 0 Å². The first-order chi connectivity index (χ1) is 12.1. The lowest BCUT2D eigenvalue weighted by Crippen LogP contribution is -2.17. The maximum atomic E-state index is 12.4. The van der Waals surface area contributed by atoms with Gasteiger partial charge in [0.1, 0.15) is 11.5 Å². The molecule has 3 aromatic heterocycles. The Kier molecular flexibility index (Phi) is 3.81. The Balaban J connectivity index is 1.64. The van der Waals surface area contributed by atoms with Crippen LogP contribution >= 0.6 is 15.9 Å². The number of carbonyl (C=O) groups excluding carboxylic acids is 1. The van der Waals surface area contributed by atoms with E-state index in [1.54, 1.807) is 19.3 Å². The molecule has 7 nitrogen and oxygen atoms in total. The van der Waals surface area contributed by atoms with Crippen molar-refractivity contribution in [2.75, 3.05) is 5.32 Å². The Bertz CT molecular complexity index is 1050. The number of nitrogens with one attached hydrogen (secondary N) is 1. The van der Waals surface area contributed by atoms with Crippen LogP contribution in [-0.4, -0.2) is 30.1 Å². The van der Waals surface area contributed by atoms with E-state index < -0.39 is 0 Å². The van der Waals surface area contributed by atoms with Crippen molar-refractivity contribution in [2.24, 2.45) is 7.05 Å². The average molecular weight is 397 g/mol. The molecule has 4 aromatic rings. The molecule has 0 aliphatic rings.